The van der Waals surface area contributed by atoms with Gasteiger partial charge in [-0.15, -0.1) is 0 Å². The number of hydrogen-bond acceptors (Lipinski definition) is 1. The zero-order valence-corrected chi connectivity index (χ0v) is 13.7. The van der Waals surface area contributed by atoms with Crippen LogP contribution in [0.15, 0.2) is 48.5 Å². The Hall–Kier alpha value is -2.06. The van der Waals surface area contributed by atoms with Gasteiger partial charge < -0.3 is 5.32 Å². The number of rotatable bonds is 5. The molecule has 0 spiro atoms. The van der Waals surface area contributed by atoms with Crippen molar-refractivity contribution in [2.75, 3.05) is 5.32 Å². The van der Waals surface area contributed by atoms with Crippen molar-refractivity contribution >= 4 is 29.3 Å². The number of carbonyl (C=O) groups is 1. The van der Waals surface area contributed by atoms with Gasteiger partial charge in [0.1, 0.15) is 0 Å². The van der Waals surface area contributed by atoms with Gasteiger partial charge in [-0.3, -0.25) is 4.79 Å². The molecule has 2 aromatic carbocycles. The quantitative estimate of drug-likeness (QED) is 0.763. The van der Waals surface area contributed by atoms with E-state index in [1.54, 1.807) is 12.2 Å². The van der Waals surface area contributed by atoms with Crippen molar-refractivity contribution in [1.29, 1.82) is 0 Å². The van der Waals surface area contributed by atoms with Crippen LogP contribution in [-0.4, -0.2) is 5.91 Å². The Morgan fingerprint density at radius 3 is 2.45 bits per heavy atom. The third kappa shape index (κ3) is 3.99. The highest BCUT2D eigenvalue weighted by Crippen LogP contribution is 2.29. The molecule has 0 heterocycles. The van der Waals surface area contributed by atoms with Gasteiger partial charge in [0.25, 0.3) is 0 Å². The number of aryl methyl sites for hydroxylation is 1. The minimum atomic E-state index is -0.143. The van der Waals surface area contributed by atoms with Crippen LogP contribution in [0.2, 0.25) is 5.02 Å². The maximum atomic E-state index is 12.2. The predicted molar refractivity (Wildman–Crippen MR) is 94.3 cm³/mol. The van der Waals surface area contributed by atoms with Gasteiger partial charge in [0.2, 0.25) is 5.91 Å². The van der Waals surface area contributed by atoms with Gasteiger partial charge in [0.05, 0.1) is 0 Å². The summed E-state index contributed by atoms with van der Waals surface area (Å²) in [6, 6.07) is 13.6. The summed E-state index contributed by atoms with van der Waals surface area (Å²) >= 11 is 6.25. The van der Waals surface area contributed by atoms with Crippen molar-refractivity contribution in [1.82, 2.24) is 0 Å². The number of nitrogens with one attached hydrogen (secondary N) is 1. The van der Waals surface area contributed by atoms with Crippen molar-refractivity contribution in [2.45, 2.75) is 26.7 Å². The fourth-order valence-corrected chi connectivity index (χ4v) is 2.66. The third-order valence-corrected chi connectivity index (χ3v) is 3.91. The number of halogens is 1. The Kier molecular flexibility index (Phi) is 5.79. The molecule has 114 valence electrons. The van der Waals surface area contributed by atoms with Gasteiger partial charge in [0.15, 0.2) is 0 Å². The normalized spacial score (nSPS) is 10.9. The van der Waals surface area contributed by atoms with Crippen LogP contribution >= 0.6 is 11.6 Å². The standard InChI is InChI=1S/C19H20ClNO/c1-3-15-11-12-17(20)16(4-2)19(15)21-18(22)13-10-14-8-6-5-7-9-14/h5-13H,3-4H2,1-2H3,(H,21,22)/b13-10+. The molecule has 3 heteroatoms. The summed E-state index contributed by atoms with van der Waals surface area (Å²) < 4.78 is 0. The van der Waals surface area contributed by atoms with E-state index in [4.69, 9.17) is 11.6 Å². The Morgan fingerprint density at radius 2 is 1.82 bits per heavy atom. The average Bonchev–Trinajstić information content (AvgIpc) is 2.54. The monoisotopic (exact) mass is 313 g/mol. The fourth-order valence-electron chi connectivity index (χ4n) is 2.37. The first-order valence-electron chi connectivity index (χ1n) is 7.50. The number of hydrogen-bond donors (Lipinski definition) is 1. The Bertz CT molecular complexity index is 677. The molecular weight excluding hydrogens is 294 g/mol. The summed E-state index contributed by atoms with van der Waals surface area (Å²) in [6.07, 6.45) is 4.99. The van der Waals surface area contributed by atoms with E-state index in [1.807, 2.05) is 49.4 Å². The minimum Gasteiger partial charge on any atom is -0.322 e. The Balaban J connectivity index is 2.21. The van der Waals surface area contributed by atoms with Crippen molar-refractivity contribution in [3.8, 4) is 0 Å². The molecule has 1 amide bonds. The first-order valence-corrected chi connectivity index (χ1v) is 7.87. The van der Waals surface area contributed by atoms with Crippen LogP contribution in [0.25, 0.3) is 6.08 Å². The number of anilines is 1. The van der Waals surface area contributed by atoms with Crippen LogP contribution in [-0.2, 0) is 17.6 Å². The highest BCUT2D eigenvalue weighted by molar-refractivity contribution is 6.32. The lowest BCUT2D eigenvalue weighted by molar-refractivity contribution is -0.111. The second kappa shape index (κ2) is 7.81. The van der Waals surface area contributed by atoms with Gasteiger partial charge >= 0.3 is 0 Å². The topological polar surface area (TPSA) is 29.1 Å². The Morgan fingerprint density at radius 1 is 1.09 bits per heavy atom. The fraction of sp³-hybridized carbons (Fsp3) is 0.211. The lowest BCUT2D eigenvalue weighted by Crippen LogP contribution is -2.12. The molecule has 0 radical (unpaired) electrons. The lowest BCUT2D eigenvalue weighted by Gasteiger charge is -2.15. The summed E-state index contributed by atoms with van der Waals surface area (Å²) in [5.41, 5.74) is 3.93. The molecule has 0 aliphatic heterocycles. The molecule has 0 unspecified atom stereocenters. The second-order valence-electron chi connectivity index (χ2n) is 5.00. The molecule has 0 saturated carbocycles. The highest BCUT2D eigenvalue weighted by atomic mass is 35.5. The van der Waals surface area contributed by atoms with E-state index in [2.05, 4.69) is 12.2 Å². The van der Waals surface area contributed by atoms with Gasteiger partial charge in [-0.1, -0.05) is 61.8 Å². The van der Waals surface area contributed by atoms with Crippen LogP contribution < -0.4 is 5.32 Å². The van der Waals surface area contributed by atoms with Crippen molar-refractivity contribution in [3.63, 3.8) is 0 Å². The molecule has 22 heavy (non-hydrogen) atoms. The molecule has 0 aliphatic rings. The van der Waals surface area contributed by atoms with E-state index in [1.165, 1.54) is 0 Å². The Labute approximate surface area is 136 Å². The van der Waals surface area contributed by atoms with E-state index in [0.29, 0.717) is 5.02 Å². The van der Waals surface area contributed by atoms with Crippen LogP contribution in [0.5, 0.6) is 0 Å². The van der Waals surface area contributed by atoms with Gasteiger partial charge in [-0.25, -0.2) is 0 Å². The molecular formula is C19H20ClNO. The number of benzene rings is 2. The summed E-state index contributed by atoms with van der Waals surface area (Å²) in [6.45, 7) is 4.11. The molecule has 0 bridgehead atoms. The van der Waals surface area contributed by atoms with Crippen molar-refractivity contribution < 1.29 is 4.79 Å². The predicted octanol–water partition coefficient (Wildman–Crippen LogP) is 5.12. The molecule has 2 aromatic rings. The lowest BCUT2D eigenvalue weighted by atomic mass is 10.0. The molecule has 0 atom stereocenters. The van der Waals surface area contributed by atoms with Crippen LogP contribution in [0.4, 0.5) is 5.69 Å². The zero-order valence-electron chi connectivity index (χ0n) is 12.9. The number of amides is 1. The van der Waals surface area contributed by atoms with Crippen LogP contribution in [0.1, 0.15) is 30.5 Å². The van der Waals surface area contributed by atoms with E-state index < -0.39 is 0 Å². The minimum absolute atomic E-state index is 0.143. The maximum Gasteiger partial charge on any atom is 0.248 e. The van der Waals surface area contributed by atoms with E-state index in [0.717, 1.165) is 35.2 Å². The zero-order chi connectivity index (χ0) is 15.9. The number of carbonyl (C=O) groups excluding carboxylic acids is 1. The molecule has 0 aromatic heterocycles. The molecule has 0 saturated heterocycles. The van der Waals surface area contributed by atoms with E-state index in [-0.39, 0.29) is 5.91 Å². The second-order valence-corrected chi connectivity index (χ2v) is 5.41. The molecule has 0 aliphatic carbocycles. The molecule has 0 fully saturated rings. The summed E-state index contributed by atoms with van der Waals surface area (Å²) in [5, 5.41) is 3.68. The smallest absolute Gasteiger partial charge is 0.248 e. The molecule has 1 N–H and O–H groups in total. The van der Waals surface area contributed by atoms with E-state index >= 15 is 0 Å². The van der Waals surface area contributed by atoms with Crippen LogP contribution in [0, 0.1) is 0 Å². The SMILES string of the molecule is CCc1ccc(Cl)c(CC)c1NC(=O)/C=C/c1ccccc1. The average molecular weight is 314 g/mol. The van der Waals surface area contributed by atoms with Crippen LogP contribution in [0.3, 0.4) is 0 Å². The van der Waals surface area contributed by atoms with Crippen molar-refractivity contribution in [3.05, 3.63) is 70.3 Å². The van der Waals surface area contributed by atoms with Gasteiger partial charge in [0, 0.05) is 16.8 Å². The summed E-state index contributed by atoms with van der Waals surface area (Å²) in [5.74, 6) is -0.143. The molecule has 2 nitrogen and oxygen atoms in total. The highest BCUT2D eigenvalue weighted by Gasteiger charge is 2.11. The molecule has 2 rings (SSSR count). The largest absolute Gasteiger partial charge is 0.322 e. The summed E-state index contributed by atoms with van der Waals surface area (Å²) in [4.78, 5) is 12.2. The van der Waals surface area contributed by atoms with Crippen molar-refractivity contribution in [2.24, 2.45) is 0 Å². The third-order valence-electron chi connectivity index (χ3n) is 3.55. The summed E-state index contributed by atoms with van der Waals surface area (Å²) in [7, 11) is 0. The maximum absolute atomic E-state index is 12.2. The first kappa shape index (κ1) is 16.3. The first-order chi connectivity index (χ1) is 10.7. The van der Waals surface area contributed by atoms with E-state index in [9.17, 15) is 4.79 Å². The van der Waals surface area contributed by atoms with Gasteiger partial charge in [-0.05, 0) is 41.7 Å². The van der Waals surface area contributed by atoms with Gasteiger partial charge in [-0.2, -0.15) is 0 Å².